The summed E-state index contributed by atoms with van der Waals surface area (Å²) in [6, 6.07) is 7.11. The minimum atomic E-state index is -1.24. The van der Waals surface area contributed by atoms with E-state index in [0.717, 1.165) is 16.9 Å². The normalized spacial score (nSPS) is 12.7. The number of aryl methyl sites for hydroxylation is 1. The number of amides is 3. The Kier molecular flexibility index (Phi) is 11.3. The number of esters is 1. The first kappa shape index (κ1) is 29.5. The Morgan fingerprint density at radius 3 is 2.17 bits per heavy atom. The van der Waals surface area contributed by atoms with E-state index in [1.54, 1.807) is 32.9 Å². The summed E-state index contributed by atoms with van der Waals surface area (Å²) in [6.45, 7) is 10.5. The third-order valence-electron chi connectivity index (χ3n) is 4.92. The first-order chi connectivity index (χ1) is 16.3. The number of alkyl carbamates (subject to hydrolysis) is 1. The maximum Gasteiger partial charge on any atom is 0.408 e. The van der Waals surface area contributed by atoms with Crippen LogP contribution in [0.25, 0.3) is 0 Å². The van der Waals surface area contributed by atoms with Gasteiger partial charge in [-0.25, -0.2) is 4.79 Å². The van der Waals surface area contributed by atoms with E-state index < -0.39 is 48.1 Å². The van der Waals surface area contributed by atoms with E-state index in [1.807, 2.05) is 32.9 Å². The second kappa shape index (κ2) is 13.4. The molecule has 0 heterocycles. The quantitative estimate of drug-likeness (QED) is 0.298. The molecule has 1 rings (SSSR count). The fraction of sp³-hybridized carbons (Fsp3) is 0.538. The standard InChI is InChI=1S/C26H37N3O6/c1-9-18-11-13-19(14-12-18)22(23(31)27-16-21(30)34-8)29(10-2)24(32)20(15-17(3)4)28-25(33)35-26(5,6)7/h2,11-14,17,20,22H,9,15-16H2,1,3-8H3,(H,27,31)(H,28,33). The zero-order valence-corrected chi connectivity index (χ0v) is 21.6. The van der Waals surface area contributed by atoms with Crippen molar-refractivity contribution in [2.24, 2.45) is 5.92 Å². The zero-order chi connectivity index (χ0) is 26.8. The van der Waals surface area contributed by atoms with Crippen molar-refractivity contribution in [3.63, 3.8) is 0 Å². The summed E-state index contributed by atoms with van der Waals surface area (Å²) in [5.41, 5.74) is 0.723. The van der Waals surface area contributed by atoms with Crippen LogP contribution in [0.2, 0.25) is 0 Å². The van der Waals surface area contributed by atoms with Crippen LogP contribution in [0.15, 0.2) is 24.3 Å². The number of carbonyl (C=O) groups excluding carboxylic acids is 4. The number of ether oxygens (including phenoxy) is 2. The lowest BCUT2D eigenvalue weighted by Gasteiger charge is -2.31. The second-order valence-electron chi connectivity index (χ2n) is 9.46. The van der Waals surface area contributed by atoms with E-state index in [1.165, 1.54) is 7.11 Å². The average Bonchev–Trinajstić information content (AvgIpc) is 2.78. The van der Waals surface area contributed by atoms with Crippen molar-refractivity contribution in [3.8, 4) is 12.5 Å². The minimum absolute atomic E-state index is 0.0222. The molecule has 0 spiro atoms. The summed E-state index contributed by atoms with van der Waals surface area (Å²) in [7, 11) is 1.20. The number of methoxy groups -OCH3 is 1. The van der Waals surface area contributed by atoms with Crippen molar-refractivity contribution in [2.75, 3.05) is 13.7 Å². The van der Waals surface area contributed by atoms with Crippen LogP contribution in [0, 0.1) is 18.4 Å². The van der Waals surface area contributed by atoms with Gasteiger partial charge in [-0.2, -0.15) is 0 Å². The largest absolute Gasteiger partial charge is 0.468 e. The van der Waals surface area contributed by atoms with Crippen LogP contribution < -0.4 is 10.6 Å². The van der Waals surface area contributed by atoms with E-state index in [0.29, 0.717) is 5.56 Å². The number of nitrogens with zero attached hydrogens (tertiary/aromatic N) is 1. The highest BCUT2D eigenvalue weighted by atomic mass is 16.6. The molecule has 2 atom stereocenters. The Morgan fingerprint density at radius 2 is 1.71 bits per heavy atom. The molecule has 0 aromatic heterocycles. The topological polar surface area (TPSA) is 114 Å². The van der Waals surface area contributed by atoms with Gasteiger partial charge in [0.25, 0.3) is 5.91 Å². The summed E-state index contributed by atoms with van der Waals surface area (Å²) >= 11 is 0. The molecular formula is C26H37N3O6. The maximum absolute atomic E-state index is 13.6. The van der Waals surface area contributed by atoms with Crippen LogP contribution in [0.3, 0.4) is 0 Å². The number of benzene rings is 1. The molecule has 0 saturated heterocycles. The molecule has 0 aliphatic rings. The molecule has 1 aromatic carbocycles. The lowest BCUT2D eigenvalue weighted by molar-refractivity contribution is -0.143. The zero-order valence-electron chi connectivity index (χ0n) is 21.6. The molecule has 1 aromatic rings. The number of nitrogens with one attached hydrogen (secondary N) is 2. The molecule has 2 unspecified atom stereocenters. The van der Waals surface area contributed by atoms with Crippen LogP contribution >= 0.6 is 0 Å². The van der Waals surface area contributed by atoms with Gasteiger partial charge in [-0.3, -0.25) is 19.3 Å². The third kappa shape index (κ3) is 9.69. The lowest BCUT2D eigenvalue weighted by atomic mass is 9.98. The van der Waals surface area contributed by atoms with Gasteiger partial charge in [0.15, 0.2) is 0 Å². The summed E-state index contributed by atoms with van der Waals surface area (Å²) < 4.78 is 9.89. The Morgan fingerprint density at radius 1 is 1.11 bits per heavy atom. The molecule has 3 amide bonds. The molecule has 9 nitrogen and oxygen atoms in total. The SMILES string of the molecule is C#CN(C(=O)C(CC(C)C)NC(=O)OC(C)(C)C)C(C(=O)NCC(=O)OC)c1ccc(CC)cc1. The fourth-order valence-corrected chi connectivity index (χ4v) is 3.26. The van der Waals surface area contributed by atoms with Gasteiger partial charge < -0.3 is 20.1 Å². The van der Waals surface area contributed by atoms with Crippen LogP contribution in [-0.4, -0.2) is 54.1 Å². The van der Waals surface area contributed by atoms with Crippen LogP contribution in [-0.2, 0) is 30.3 Å². The molecule has 35 heavy (non-hydrogen) atoms. The van der Waals surface area contributed by atoms with Gasteiger partial charge in [0, 0.05) is 6.04 Å². The molecular weight excluding hydrogens is 450 g/mol. The second-order valence-corrected chi connectivity index (χ2v) is 9.46. The molecule has 0 saturated carbocycles. The summed E-state index contributed by atoms with van der Waals surface area (Å²) in [5.74, 6) is -1.94. The smallest absolute Gasteiger partial charge is 0.408 e. The highest BCUT2D eigenvalue weighted by Gasteiger charge is 2.36. The summed E-state index contributed by atoms with van der Waals surface area (Å²) in [4.78, 5) is 51.7. The van der Waals surface area contributed by atoms with Gasteiger partial charge >= 0.3 is 12.1 Å². The van der Waals surface area contributed by atoms with Crippen molar-refractivity contribution >= 4 is 23.9 Å². The molecule has 0 aliphatic carbocycles. The highest BCUT2D eigenvalue weighted by Crippen LogP contribution is 2.24. The first-order valence-corrected chi connectivity index (χ1v) is 11.5. The van der Waals surface area contributed by atoms with Crippen molar-refractivity contribution in [1.82, 2.24) is 15.5 Å². The molecule has 2 N–H and O–H groups in total. The van der Waals surface area contributed by atoms with Crippen LogP contribution in [0.1, 0.15) is 65.1 Å². The Hall–Kier alpha value is -3.54. The number of rotatable bonds is 10. The Labute approximate surface area is 207 Å². The summed E-state index contributed by atoms with van der Waals surface area (Å²) in [6.07, 6.45) is 6.01. The molecule has 0 bridgehead atoms. The molecule has 0 fully saturated rings. The van der Waals surface area contributed by atoms with E-state index in [2.05, 4.69) is 21.4 Å². The monoisotopic (exact) mass is 487 g/mol. The Bertz CT molecular complexity index is 928. The van der Waals surface area contributed by atoms with Crippen molar-refractivity contribution in [3.05, 3.63) is 35.4 Å². The molecule has 0 radical (unpaired) electrons. The Balaban J connectivity index is 3.36. The third-order valence-corrected chi connectivity index (χ3v) is 4.92. The lowest BCUT2D eigenvalue weighted by Crippen LogP contribution is -2.52. The first-order valence-electron chi connectivity index (χ1n) is 11.5. The average molecular weight is 488 g/mol. The van der Waals surface area contributed by atoms with E-state index in [4.69, 9.17) is 11.2 Å². The van der Waals surface area contributed by atoms with Gasteiger partial charge in [-0.1, -0.05) is 51.5 Å². The number of hydrogen-bond donors (Lipinski definition) is 2. The predicted molar refractivity (Wildman–Crippen MR) is 132 cm³/mol. The minimum Gasteiger partial charge on any atom is -0.468 e. The van der Waals surface area contributed by atoms with E-state index in [9.17, 15) is 19.2 Å². The van der Waals surface area contributed by atoms with E-state index >= 15 is 0 Å². The van der Waals surface area contributed by atoms with Crippen molar-refractivity contribution in [2.45, 2.75) is 72.1 Å². The van der Waals surface area contributed by atoms with Crippen LogP contribution in [0.4, 0.5) is 4.79 Å². The van der Waals surface area contributed by atoms with Crippen molar-refractivity contribution in [1.29, 1.82) is 0 Å². The molecule has 9 heteroatoms. The van der Waals surface area contributed by atoms with Gasteiger partial charge in [-0.15, -0.1) is 0 Å². The highest BCUT2D eigenvalue weighted by molar-refractivity contribution is 5.94. The number of hydrogen-bond acceptors (Lipinski definition) is 6. The molecule has 0 aliphatic heterocycles. The summed E-state index contributed by atoms with van der Waals surface area (Å²) in [5, 5.41) is 5.06. The van der Waals surface area contributed by atoms with Crippen molar-refractivity contribution < 1.29 is 28.7 Å². The fourth-order valence-electron chi connectivity index (χ4n) is 3.26. The van der Waals surface area contributed by atoms with E-state index in [-0.39, 0.29) is 12.3 Å². The van der Waals surface area contributed by atoms with Gasteiger partial charge in [0.2, 0.25) is 5.91 Å². The van der Waals surface area contributed by atoms with Gasteiger partial charge in [0.05, 0.1) is 7.11 Å². The predicted octanol–water partition coefficient (Wildman–Crippen LogP) is 2.94. The number of carbonyl (C=O) groups is 4. The molecule has 192 valence electrons. The van der Waals surface area contributed by atoms with Gasteiger partial charge in [0.1, 0.15) is 24.2 Å². The number of terminal acetylenes is 1. The van der Waals surface area contributed by atoms with Crippen LogP contribution in [0.5, 0.6) is 0 Å². The maximum atomic E-state index is 13.6. The van der Waals surface area contributed by atoms with Gasteiger partial charge in [-0.05, 0) is 50.7 Å².